The molecular weight excluding hydrogens is 428 g/mol. The molecule has 4 rings (SSSR count). The maximum Gasteiger partial charge on any atom is 0.275 e. The Hall–Kier alpha value is -4.13. The molecule has 0 radical (unpaired) electrons. The highest BCUT2D eigenvalue weighted by Crippen LogP contribution is 2.26. The summed E-state index contributed by atoms with van der Waals surface area (Å²) in [6.07, 6.45) is 3.92. The van der Waals surface area contributed by atoms with Gasteiger partial charge in [-0.15, -0.1) is 0 Å². The molecule has 0 spiro atoms. The number of hydrogen-bond acceptors (Lipinski definition) is 4. The van der Waals surface area contributed by atoms with E-state index < -0.39 is 0 Å². The van der Waals surface area contributed by atoms with E-state index in [1.165, 1.54) is 0 Å². The Labute approximate surface area is 198 Å². The summed E-state index contributed by atoms with van der Waals surface area (Å²) in [5.41, 5.74) is 4.46. The molecule has 34 heavy (non-hydrogen) atoms. The van der Waals surface area contributed by atoms with E-state index >= 15 is 0 Å². The molecule has 0 atom stereocenters. The van der Waals surface area contributed by atoms with Gasteiger partial charge in [0.2, 0.25) is 5.91 Å². The van der Waals surface area contributed by atoms with Crippen LogP contribution in [0.25, 0.3) is 16.9 Å². The van der Waals surface area contributed by atoms with Gasteiger partial charge in [-0.25, -0.2) is 4.68 Å². The molecule has 4 aromatic rings. The number of H-pyrrole nitrogens is 1. The van der Waals surface area contributed by atoms with Crippen LogP contribution in [0.3, 0.4) is 0 Å². The summed E-state index contributed by atoms with van der Waals surface area (Å²) in [6, 6.07) is 20.5. The Balaban J connectivity index is 1.63. The third kappa shape index (κ3) is 5.09. The highest BCUT2D eigenvalue weighted by molar-refractivity contribution is 5.90. The average Bonchev–Trinajstić information content (AvgIpc) is 3.19. The number of benzene rings is 2. The second kappa shape index (κ2) is 10.7. The number of rotatable bonds is 9. The molecule has 2 heterocycles. The van der Waals surface area contributed by atoms with Gasteiger partial charge in [0, 0.05) is 29.4 Å². The molecule has 0 aliphatic heterocycles. The first kappa shape index (κ1) is 23.0. The molecule has 0 bridgehead atoms. The van der Waals surface area contributed by atoms with Crippen molar-refractivity contribution in [3.63, 3.8) is 0 Å². The van der Waals surface area contributed by atoms with Crippen molar-refractivity contribution in [2.45, 2.75) is 32.6 Å². The normalized spacial score (nSPS) is 10.8. The lowest BCUT2D eigenvalue weighted by molar-refractivity contribution is -0.116. The number of carbonyl (C=O) groups excluding carboxylic acids is 1. The first-order valence-electron chi connectivity index (χ1n) is 11.4. The first-order valence-corrected chi connectivity index (χ1v) is 11.4. The van der Waals surface area contributed by atoms with Gasteiger partial charge < -0.3 is 10.1 Å². The van der Waals surface area contributed by atoms with Gasteiger partial charge in [-0.05, 0) is 61.4 Å². The van der Waals surface area contributed by atoms with Crippen LogP contribution in [0.5, 0.6) is 5.75 Å². The van der Waals surface area contributed by atoms with Crippen molar-refractivity contribution in [3.05, 3.63) is 94.5 Å². The highest BCUT2D eigenvalue weighted by atomic mass is 16.5. The predicted octanol–water partition coefficient (Wildman–Crippen LogP) is 4.76. The molecule has 2 aromatic heterocycles. The summed E-state index contributed by atoms with van der Waals surface area (Å²) in [7, 11) is 1.61. The molecule has 7 nitrogen and oxygen atoms in total. The van der Waals surface area contributed by atoms with Crippen LogP contribution in [0.4, 0.5) is 5.69 Å². The van der Waals surface area contributed by atoms with Crippen molar-refractivity contribution in [2.75, 3.05) is 12.4 Å². The number of hydrogen-bond donors (Lipinski definition) is 2. The lowest BCUT2D eigenvalue weighted by Crippen LogP contribution is -2.17. The Bertz CT molecular complexity index is 1310. The van der Waals surface area contributed by atoms with Crippen LogP contribution >= 0.6 is 0 Å². The van der Waals surface area contributed by atoms with E-state index in [0.29, 0.717) is 18.4 Å². The number of pyridine rings is 1. The van der Waals surface area contributed by atoms with Gasteiger partial charge in [-0.1, -0.05) is 31.5 Å². The quantitative estimate of drug-likeness (QED) is 0.380. The lowest BCUT2D eigenvalue weighted by Gasteiger charge is -2.09. The monoisotopic (exact) mass is 456 g/mol. The number of aromatic nitrogens is 3. The SMILES string of the molecule is CCCc1c(-c2cccnc2CCC(=O)Nc2ccccc2)[nH]n(-c2ccc(OC)cc2)c1=O. The van der Waals surface area contributed by atoms with Crippen LogP contribution in [0.2, 0.25) is 0 Å². The molecule has 1 amide bonds. The number of nitrogens with zero attached hydrogens (tertiary/aromatic N) is 2. The Morgan fingerprint density at radius 1 is 1.03 bits per heavy atom. The van der Waals surface area contributed by atoms with E-state index in [1.807, 2.05) is 73.7 Å². The summed E-state index contributed by atoms with van der Waals surface area (Å²) < 4.78 is 6.79. The van der Waals surface area contributed by atoms with Crippen molar-refractivity contribution >= 4 is 11.6 Å². The van der Waals surface area contributed by atoms with Crippen molar-refractivity contribution in [2.24, 2.45) is 0 Å². The Morgan fingerprint density at radius 2 is 1.79 bits per heavy atom. The Morgan fingerprint density at radius 3 is 2.50 bits per heavy atom. The number of carbonyl (C=O) groups is 1. The number of aromatic amines is 1. The zero-order valence-corrected chi connectivity index (χ0v) is 19.4. The van der Waals surface area contributed by atoms with E-state index in [-0.39, 0.29) is 17.9 Å². The zero-order chi connectivity index (χ0) is 23.9. The molecule has 2 aromatic carbocycles. The van der Waals surface area contributed by atoms with Crippen LogP contribution in [0.15, 0.2) is 77.7 Å². The van der Waals surface area contributed by atoms with Crippen molar-refractivity contribution < 1.29 is 9.53 Å². The Kier molecular flexibility index (Phi) is 7.22. The average molecular weight is 457 g/mol. The number of ether oxygens (including phenoxy) is 1. The fourth-order valence-corrected chi connectivity index (χ4v) is 3.93. The maximum atomic E-state index is 13.3. The lowest BCUT2D eigenvalue weighted by atomic mass is 10.0. The summed E-state index contributed by atoms with van der Waals surface area (Å²) in [5.74, 6) is 0.640. The standard InChI is InChI=1S/C27H28N4O3/c1-3-8-23-26(30-31(27(23)33)20-12-14-21(34-2)15-13-20)22-11-7-18-28-24(22)16-17-25(32)29-19-9-5-4-6-10-19/h4-7,9-15,18,30H,3,8,16-17H2,1-2H3,(H,29,32). The van der Waals surface area contributed by atoms with E-state index in [4.69, 9.17) is 4.74 Å². The molecule has 0 fully saturated rings. The molecule has 0 saturated heterocycles. The smallest absolute Gasteiger partial charge is 0.275 e. The van der Waals surface area contributed by atoms with E-state index in [9.17, 15) is 9.59 Å². The third-order valence-electron chi connectivity index (χ3n) is 5.62. The van der Waals surface area contributed by atoms with E-state index in [2.05, 4.69) is 15.4 Å². The van der Waals surface area contributed by atoms with Crippen LogP contribution in [-0.4, -0.2) is 27.8 Å². The highest BCUT2D eigenvalue weighted by Gasteiger charge is 2.19. The first-order chi connectivity index (χ1) is 16.6. The molecule has 2 N–H and O–H groups in total. The van der Waals surface area contributed by atoms with Crippen LogP contribution in [-0.2, 0) is 17.6 Å². The largest absolute Gasteiger partial charge is 0.497 e. The fourth-order valence-electron chi connectivity index (χ4n) is 3.93. The summed E-state index contributed by atoms with van der Waals surface area (Å²) in [4.78, 5) is 30.3. The maximum absolute atomic E-state index is 13.3. The topological polar surface area (TPSA) is 89.0 Å². The number of aryl methyl sites for hydroxylation is 1. The number of nitrogens with one attached hydrogen (secondary N) is 2. The van der Waals surface area contributed by atoms with Crippen LogP contribution < -0.4 is 15.6 Å². The van der Waals surface area contributed by atoms with Crippen LogP contribution in [0.1, 0.15) is 31.0 Å². The van der Waals surface area contributed by atoms with Crippen molar-refractivity contribution in [3.8, 4) is 22.7 Å². The summed E-state index contributed by atoms with van der Waals surface area (Å²) in [5, 5.41) is 6.20. The summed E-state index contributed by atoms with van der Waals surface area (Å²) in [6.45, 7) is 2.05. The van der Waals surface area contributed by atoms with Gasteiger partial charge in [0.05, 0.1) is 24.2 Å². The van der Waals surface area contributed by atoms with Gasteiger partial charge in [0.15, 0.2) is 0 Å². The van der Waals surface area contributed by atoms with Crippen molar-refractivity contribution in [1.82, 2.24) is 14.8 Å². The van der Waals surface area contributed by atoms with E-state index in [0.717, 1.165) is 40.5 Å². The molecular formula is C27H28N4O3. The third-order valence-corrected chi connectivity index (χ3v) is 5.62. The second-order valence-electron chi connectivity index (χ2n) is 7.97. The number of methoxy groups -OCH3 is 1. The fraction of sp³-hybridized carbons (Fsp3) is 0.222. The predicted molar refractivity (Wildman–Crippen MR) is 134 cm³/mol. The van der Waals surface area contributed by atoms with Gasteiger partial charge in [-0.2, -0.15) is 0 Å². The minimum atomic E-state index is -0.0846. The van der Waals surface area contributed by atoms with Crippen LogP contribution in [0, 0.1) is 0 Å². The van der Waals surface area contributed by atoms with Gasteiger partial charge >= 0.3 is 0 Å². The van der Waals surface area contributed by atoms with Gasteiger partial charge in [-0.3, -0.25) is 19.7 Å². The van der Waals surface area contributed by atoms with Gasteiger partial charge in [0.25, 0.3) is 5.56 Å². The number of anilines is 1. The molecule has 7 heteroatoms. The molecule has 174 valence electrons. The molecule has 0 aliphatic rings. The minimum Gasteiger partial charge on any atom is -0.497 e. The second-order valence-corrected chi connectivity index (χ2v) is 7.97. The molecule has 0 unspecified atom stereocenters. The minimum absolute atomic E-state index is 0.0825. The van der Waals surface area contributed by atoms with Gasteiger partial charge in [0.1, 0.15) is 5.75 Å². The zero-order valence-electron chi connectivity index (χ0n) is 19.4. The molecule has 0 aliphatic carbocycles. The van der Waals surface area contributed by atoms with E-state index in [1.54, 1.807) is 18.0 Å². The molecule has 0 saturated carbocycles. The van der Waals surface area contributed by atoms with Crippen molar-refractivity contribution in [1.29, 1.82) is 0 Å². The summed E-state index contributed by atoms with van der Waals surface area (Å²) >= 11 is 0. The number of amides is 1. The number of para-hydroxylation sites is 1.